The molecule has 1 aromatic carbocycles. The highest BCUT2D eigenvalue weighted by Crippen LogP contribution is 2.29. The topological polar surface area (TPSA) is 35.0 Å². The van der Waals surface area contributed by atoms with Gasteiger partial charge in [0.1, 0.15) is 10.8 Å². The van der Waals surface area contributed by atoms with E-state index in [0.29, 0.717) is 11.1 Å². The lowest BCUT2D eigenvalue weighted by atomic mass is 10.2. The van der Waals surface area contributed by atoms with Gasteiger partial charge < -0.3 is 4.74 Å². The normalized spacial score (nSPS) is 10.4. The zero-order valence-electron chi connectivity index (χ0n) is 8.41. The Bertz CT molecular complexity index is 503. The van der Waals surface area contributed by atoms with Crippen LogP contribution in [0.4, 0.5) is 0 Å². The van der Waals surface area contributed by atoms with Crippen LogP contribution >= 0.6 is 38.9 Å². The van der Waals surface area contributed by atoms with Crippen LogP contribution in [0.25, 0.3) is 0 Å². The fourth-order valence-corrected chi connectivity index (χ4v) is 2.40. The predicted molar refractivity (Wildman–Crippen MR) is 68.4 cm³/mol. The second-order valence-corrected chi connectivity index (χ2v) is 5.31. The van der Waals surface area contributed by atoms with Crippen LogP contribution in [0.1, 0.15) is 10.6 Å². The maximum Gasteiger partial charge on any atom is 0.299 e. The maximum atomic E-state index is 5.64. The molecule has 16 heavy (non-hydrogen) atoms. The molecule has 2 aromatic rings. The molecule has 0 aliphatic heterocycles. The summed E-state index contributed by atoms with van der Waals surface area (Å²) in [5, 5.41) is 9.05. The van der Waals surface area contributed by atoms with Crippen molar-refractivity contribution in [1.29, 1.82) is 0 Å². The number of benzene rings is 1. The number of hydrogen-bond acceptors (Lipinski definition) is 4. The van der Waals surface area contributed by atoms with Gasteiger partial charge in [-0.1, -0.05) is 32.4 Å². The van der Waals surface area contributed by atoms with Crippen molar-refractivity contribution in [3.8, 4) is 10.9 Å². The molecule has 0 bridgehead atoms. The van der Waals surface area contributed by atoms with Crippen molar-refractivity contribution in [2.75, 3.05) is 0 Å². The Morgan fingerprint density at radius 2 is 2.25 bits per heavy atom. The van der Waals surface area contributed by atoms with Gasteiger partial charge in [-0.3, -0.25) is 0 Å². The van der Waals surface area contributed by atoms with Gasteiger partial charge >= 0.3 is 0 Å². The van der Waals surface area contributed by atoms with Crippen LogP contribution < -0.4 is 4.74 Å². The van der Waals surface area contributed by atoms with Crippen LogP contribution in [-0.4, -0.2) is 10.2 Å². The van der Waals surface area contributed by atoms with Gasteiger partial charge in [-0.2, -0.15) is 0 Å². The molecule has 6 heteroatoms. The number of aryl methyl sites for hydroxylation is 1. The van der Waals surface area contributed by atoms with E-state index in [-0.39, 0.29) is 0 Å². The summed E-state index contributed by atoms with van der Waals surface area (Å²) in [6.07, 6.45) is 0. The first-order chi connectivity index (χ1) is 7.69. The lowest BCUT2D eigenvalue weighted by Crippen LogP contribution is -1.86. The summed E-state index contributed by atoms with van der Waals surface area (Å²) < 4.78 is 6.64. The van der Waals surface area contributed by atoms with Crippen LogP contribution in [0, 0.1) is 6.92 Å². The van der Waals surface area contributed by atoms with Crippen LogP contribution in [-0.2, 0) is 5.88 Å². The van der Waals surface area contributed by atoms with E-state index in [1.807, 2.05) is 25.1 Å². The third-order valence-electron chi connectivity index (χ3n) is 1.90. The molecule has 0 spiro atoms. The zero-order valence-corrected chi connectivity index (χ0v) is 11.6. The molecule has 0 fully saturated rings. The van der Waals surface area contributed by atoms with E-state index < -0.39 is 0 Å². The van der Waals surface area contributed by atoms with E-state index in [0.717, 1.165) is 20.8 Å². The maximum absolute atomic E-state index is 5.64. The van der Waals surface area contributed by atoms with Gasteiger partial charge in [0.25, 0.3) is 5.19 Å². The molecule has 0 radical (unpaired) electrons. The summed E-state index contributed by atoms with van der Waals surface area (Å²) in [5.41, 5.74) is 1.04. The highest BCUT2D eigenvalue weighted by atomic mass is 79.9. The summed E-state index contributed by atoms with van der Waals surface area (Å²) in [6, 6.07) is 5.80. The third kappa shape index (κ3) is 2.72. The molecule has 0 saturated heterocycles. The van der Waals surface area contributed by atoms with E-state index >= 15 is 0 Å². The summed E-state index contributed by atoms with van der Waals surface area (Å²) in [5.74, 6) is 1.14. The average molecular weight is 320 g/mol. The fraction of sp³-hybridized carbons (Fsp3) is 0.200. The zero-order chi connectivity index (χ0) is 11.5. The van der Waals surface area contributed by atoms with Crippen molar-refractivity contribution in [1.82, 2.24) is 10.2 Å². The molecule has 2 rings (SSSR count). The van der Waals surface area contributed by atoms with Crippen LogP contribution in [0.3, 0.4) is 0 Å². The highest BCUT2D eigenvalue weighted by molar-refractivity contribution is 9.10. The molecule has 0 aliphatic carbocycles. The van der Waals surface area contributed by atoms with E-state index in [1.165, 1.54) is 11.3 Å². The molecule has 1 heterocycles. The lowest BCUT2D eigenvalue weighted by Gasteiger charge is -2.04. The standard InChI is InChI=1S/C10H8BrClN2OS/c1-6-4-7(11)2-3-8(6)15-10-14-13-9(5-12)16-10/h2-4H,5H2,1H3. The molecular weight excluding hydrogens is 312 g/mol. The van der Waals surface area contributed by atoms with Crippen molar-refractivity contribution < 1.29 is 4.74 Å². The molecule has 0 N–H and O–H groups in total. The van der Waals surface area contributed by atoms with E-state index in [9.17, 15) is 0 Å². The Balaban J connectivity index is 2.20. The largest absolute Gasteiger partial charge is 0.430 e. The number of ether oxygens (including phenoxy) is 1. The van der Waals surface area contributed by atoms with Crippen LogP contribution in [0.15, 0.2) is 22.7 Å². The summed E-state index contributed by atoms with van der Waals surface area (Å²) in [4.78, 5) is 0. The monoisotopic (exact) mass is 318 g/mol. The quantitative estimate of drug-likeness (QED) is 0.798. The van der Waals surface area contributed by atoms with Crippen molar-refractivity contribution in [3.05, 3.63) is 33.2 Å². The molecule has 0 amide bonds. The van der Waals surface area contributed by atoms with Crippen molar-refractivity contribution in [2.24, 2.45) is 0 Å². The first-order valence-corrected chi connectivity index (χ1v) is 6.66. The van der Waals surface area contributed by atoms with E-state index in [1.54, 1.807) is 0 Å². The van der Waals surface area contributed by atoms with Crippen LogP contribution in [0.5, 0.6) is 10.9 Å². The number of rotatable bonds is 3. The molecule has 84 valence electrons. The number of hydrogen-bond donors (Lipinski definition) is 0. The molecule has 0 aliphatic rings. The number of halogens is 2. The Hall–Kier alpha value is -0.650. The summed E-state index contributed by atoms with van der Waals surface area (Å²) in [7, 11) is 0. The van der Waals surface area contributed by atoms with Crippen molar-refractivity contribution in [3.63, 3.8) is 0 Å². The Morgan fingerprint density at radius 3 is 2.88 bits per heavy atom. The second-order valence-electron chi connectivity index (χ2n) is 3.11. The highest BCUT2D eigenvalue weighted by Gasteiger charge is 2.07. The first kappa shape index (κ1) is 11.8. The summed E-state index contributed by atoms with van der Waals surface area (Å²) in [6.45, 7) is 1.98. The molecular formula is C10H8BrClN2OS. The van der Waals surface area contributed by atoms with Crippen LogP contribution in [0.2, 0.25) is 0 Å². The SMILES string of the molecule is Cc1cc(Br)ccc1Oc1nnc(CCl)s1. The van der Waals surface area contributed by atoms with Gasteiger partial charge in [0.2, 0.25) is 0 Å². The van der Waals surface area contributed by atoms with Crippen molar-refractivity contribution in [2.45, 2.75) is 12.8 Å². The second kappa shape index (κ2) is 5.12. The van der Waals surface area contributed by atoms with Gasteiger partial charge in [0.05, 0.1) is 5.88 Å². The predicted octanol–water partition coefficient (Wildman–Crippen LogP) is 4.14. The van der Waals surface area contributed by atoms with Gasteiger partial charge in [-0.05, 0) is 30.7 Å². The Morgan fingerprint density at radius 1 is 1.44 bits per heavy atom. The minimum absolute atomic E-state index is 0.361. The fourth-order valence-electron chi connectivity index (χ4n) is 1.15. The van der Waals surface area contributed by atoms with Gasteiger partial charge in [-0.15, -0.1) is 16.7 Å². The molecule has 0 saturated carbocycles. The minimum Gasteiger partial charge on any atom is -0.430 e. The molecule has 1 aromatic heterocycles. The average Bonchev–Trinajstić information content (AvgIpc) is 2.70. The van der Waals surface area contributed by atoms with Gasteiger partial charge in [0.15, 0.2) is 0 Å². The van der Waals surface area contributed by atoms with Gasteiger partial charge in [0, 0.05) is 4.47 Å². The summed E-state index contributed by atoms with van der Waals surface area (Å²) >= 11 is 10.4. The Labute approximate surface area is 111 Å². The molecule has 0 atom stereocenters. The van der Waals surface area contributed by atoms with E-state index in [2.05, 4.69) is 26.1 Å². The number of aromatic nitrogens is 2. The smallest absolute Gasteiger partial charge is 0.299 e. The minimum atomic E-state index is 0.361. The van der Waals surface area contributed by atoms with E-state index in [4.69, 9.17) is 16.3 Å². The number of alkyl halides is 1. The van der Waals surface area contributed by atoms with Gasteiger partial charge in [-0.25, -0.2) is 0 Å². The Kier molecular flexibility index (Phi) is 3.78. The van der Waals surface area contributed by atoms with Crippen molar-refractivity contribution >= 4 is 38.9 Å². The number of nitrogens with zero attached hydrogens (tertiary/aromatic N) is 2. The molecule has 0 unspecified atom stereocenters. The first-order valence-electron chi connectivity index (χ1n) is 4.51. The lowest BCUT2D eigenvalue weighted by molar-refractivity contribution is 0.469. The third-order valence-corrected chi connectivity index (χ3v) is 3.60. The molecule has 3 nitrogen and oxygen atoms in total.